The summed E-state index contributed by atoms with van der Waals surface area (Å²) in [4.78, 5) is 0. The standard InChI is InChI=1S/C14H16BrFN2O/c1-2-11-4-6-14(19-11)13(18-17)8-9-7-10(15)3-5-12(9)16/h3-7,13,18H,2,8,17H2,1H3. The number of furan rings is 1. The van der Waals surface area contributed by atoms with Gasteiger partial charge in [-0.2, -0.15) is 0 Å². The fourth-order valence-electron chi connectivity index (χ4n) is 1.93. The molecule has 0 amide bonds. The van der Waals surface area contributed by atoms with E-state index in [1.54, 1.807) is 12.1 Å². The molecule has 1 atom stereocenters. The summed E-state index contributed by atoms with van der Waals surface area (Å²) >= 11 is 3.34. The zero-order valence-electron chi connectivity index (χ0n) is 10.6. The Hall–Kier alpha value is -1.17. The minimum Gasteiger partial charge on any atom is -0.464 e. The van der Waals surface area contributed by atoms with Crippen molar-refractivity contribution in [2.75, 3.05) is 0 Å². The van der Waals surface area contributed by atoms with Crippen molar-refractivity contribution in [3.63, 3.8) is 0 Å². The van der Waals surface area contributed by atoms with Crippen LogP contribution >= 0.6 is 15.9 Å². The van der Waals surface area contributed by atoms with Gasteiger partial charge >= 0.3 is 0 Å². The Bertz CT molecular complexity index is 556. The first kappa shape index (κ1) is 14.2. The first-order valence-corrected chi connectivity index (χ1v) is 6.92. The van der Waals surface area contributed by atoms with Crippen LogP contribution in [-0.2, 0) is 12.8 Å². The third kappa shape index (κ3) is 3.43. The van der Waals surface area contributed by atoms with Crippen molar-refractivity contribution in [3.8, 4) is 0 Å². The van der Waals surface area contributed by atoms with Crippen LogP contribution in [0.3, 0.4) is 0 Å². The molecule has 0 saturated carbocycles. The van der Waals surface area contributed by atoms with E-state index in [2.05, 4.69) is 21.4 Å². The number of benzene rings is 1. The second kappa shape index (κ2) is 6.32. The lowest BCUT2D eigenvalue weighted by Crippen LogP contribution is -2.29. The molecule has 1 aromatic heterocycles. The largest absolute Gasteiger partial charge is 0.464 e. The molecule has 0 radical (unpaired) electrons. The number of hydrogen-bond donors (Lipinski definition) is 2. The molecule has 0 spiro atoms. The molecule has 0 aliphatic rings. The maximum absolute atomic E-state index is 13.7. The summed E-state index contributed by atoms with van der Waals surface area (Å²) in [5.74, 6) is 6.92. The molecule has 0 fully saturated rings. The number of nitrogens with one attached hydrogen (secondary N) is 1. The van der Waals surface area contributed by atoms with E-state index in [1.165, 1.54) is 6.07 Å². The Balaban J connectivity index is 2.21. The van der Waals surface area contributed by atoms with Gasteiger partial charge in [0.2, 0.25) is 0 Å². The first-order chi connectivity index (χ1) is 9.13. The van der Waals surface area contributed by atoms with Crippen LogP contribution in [0, 0.1) is 5.82 Å². The zero-order valence-corrected chi connectivity index (χ0v) is 12.2. The van der Waals surface area contributed by atoms with Gasteiger partial charge in [0.1, 0.15) is 17.3 Å². The Labute approximate surface area is 120 Å². The van der Waals surface area contributed by atoms with Gasteiger partial charge < -0.3 is 4.42 Å². The van der Waals surface area contributed by atoms with Gasteiger partial charge in [0.25, 0.3) is 0 Å². The Morgan fingerprint density at radius 1 is 1.37 bits per heavy atom. The molecule has 2 aromatic rings. The lowest BCUT2D eigenvalue weighted by atomic mass is 10.0. The maximum Gasteiger partial charge on any atom is 0.126 e. The maximum atomic E-state index is 13.7. The summed E-state index contributed by atoms with van der Waals surface area (Å²) in [6.45, 7) is 2.02. The average Bonchev–Trinajstić information content (AvgIpc) is 2.88. The van der Waals surface area contributed by atoms with Crippen molar-refractivity contribution >= 4 is 15.9 Å². The van der Waals surface area contributed by atoms with Gasteiger partial charge in [0.05, 0.1) is 6.04 Å². The molecular weight excluding hydrogens is 311 g/mol. The molecule has 5 heteroatoms. The Morgan fingerprint density at radius 2 is 2.16 bits per heavy atom. The summed E-state index contributed by atoms with van der Waals surface area (Å²) < 4.78 is 20.2. The number of rotatable bonds is 5. The van der Waals surface area contributed by atoms with Crippen molar-refractivity contribution < 1.29 is 8.81 Å². The van der Waals surface area contributed by atoms with E-state index < -0.39 is 0 Å². The predicted molar refractivity (Wildman–Crippen MR) is 76.0 cm³/mol. The SMILES string of the molecule is CCc1ccc(C(Cc2cc(Br)ccc2F)NN)o1. The normalized spacial score (nSPS) is 12.6. The van der Waals surface area contributed by atoms with Crippen LogP contribution in [0.25, 0.3) is 0 Å². The number of nitrogens with two attached hydrogens (primary N) is 1. The van der Waals surface area contributed by atoms with E-state index in [4.69, 9.17) is 10.3 Å². The minimum absolute atomic E-state index is 0.245. The molecule has 1 aromatic carbocycles. The molecule has 0 aliphatic heterocycles. The molecule has 19 heavy (non-hydrogen) atoms. The van der Waals surface area contributed by atoms with Gasteiger partial charge in [-0.15, -0.1) is 0 Å². The van der Waals surface area contributed by atoms with Crippen LogP contribution in [0.5, 0.6) is 0 Å². The van der Waals surface area contributed by atoms with E-state index in [0.29, 0.717) is 12.0 Å². The van der Waals surface area contributed by atoms with Crippen molar-refractivity contribution in [2.45, 2.75) is 25.8 Å². The highest BCUT2D eigenvalue weighted by Gasteiger charge is 2.17. The molecular formula is C14H16BrFN2O. The van der Waals surface area contributed by atoms with Gasteiger partial charge in [0.15, 0.2) is 0 Å². The predicted octanol–water partition coefficient (Wildman–Crippen LogP) is 3.49. The molecule has 3 N–H and O–H groups in total. The Kier molecular flexibility index (Phi) is 4.74. The van der Waals surface area contributed by atoms with Gasteiger partial charge in [-0.1, -0.05) is 22.9 Å². The number of aryl methyl sites for hydroxylation is 1. The van der Waals surface area contributed by atoms with Crippen LogP contribution in [0.2, 0.25) is 0 Å². The van der Waals surface area contributed by atoms with Crippen LogP contribution in [0.1, 0.15) is 30.0 Å². The van der Waals surface area contributed by atoms with Crippen LogP contribution in [0.4, 0.5) is 4.39 Å². The van der Waals surface area contributed by atoms with Crippen LogP contribution in [-0.4, -0.2) is 0 Å². The van der Waals surface area contributed by atoms with E-state index in [-0.39, 0.29) is 11.9 Å². The number of hydrogen-bond acceptors (Lipinski definition) is 3. The number of hydrazine groups is 1. The lowest BCUT2D eigenvalue weighted by molar-refractivity contribution is 0.393. The molecule has 0 aliphatic carbocycles. The van der Waals surface area contributed by atoms with E-state index in [0.717, 1.165) is 22.4 Å². The molecule has 102 valence electrons. The first-order valence-electron chi connectivity index (χ1n) is 6.12. The average molecular weight is 327 g/mol. The summed E-state index contributed by atoms with van der Waals surface area (Å²) in [6.07, 6.45) is 1.25. The van der Waals surface area contributed by atoms with E-state index in [9.17, 15) is 4.39 Å². The Morgan fingerprint density at radius 3 is 2.79 bits per heavy atom. The van der Waals surface area contributed by atoms with Crippen molar-refractivity contribution in [1.29, 1.82) is 0 Å². The smallest absolute Gasteiger partial charge is 0.126 e. The fourth-order valence-corrected chi connectivity index (χ4v) is 2.34. The highest BCUT2D eigenvalue weighted by atomic mass is 79.9. The quantitative estimate of drug-likeness (QED) is 0.653. The van der Waals surface area contributed by atoms with E-state index >= 15 is 0 Å². The highest BCUT2D eigenvalue weighted by molar-refractivity contribution is 9.10. The topological polar surface area (TPSA) is 51.2 Å². The van der Waals surface area contributed by atoms with Gasteiger partial charge in [-0.25, -0.2) is 9.82 Å². The van der Waals surface area contributed by atoms with Crippen molar-refractivity contribution in [2.24, 2.45) is 5.84 Å². The molecule has 1 heterocycles. The van der Waals surface area contributed by atoms with Crippen molar-refractivity contribution in [3.05, 3.63) is 57.7 Å². The summed E-state index contributed by atoms with van der Waals surface area (Å²) in [6, 6.07) is 8.40. The molecule has 1 unspecified atom stereocenters. The fraction of sp³-hybridized carbons (Fsp3) is 0.286. The third-order valence-electron chi connectivity index (χ3n) is 3.01. The van der Waals surface area contributed by atoms with Crippen molar-refractivity contribution in [1.82, 2.24) is 5.43 Å². The minimum atomic E-state index is -0.246. The summed E-state index contributed by atoms with van der Waals surface area (Å²) in [7, 11) is 0. The molecule has 0 bridgehead atoms. The second-order valence-corrected chi connectivity index (χ2v) is 5.23. The van der Waals surface area contributed by atoms with Crippen LogP contribution < -0.4 is 11.3 Å². The summed E-state index contributed by atoms with van der Waals surface area (Å²) in [5.41, 5.74) is 3.26. The van der Waals surface area contributed by atoms with Crippen LogP contribution in [0.15, 0.2) is 39.2 Å². The number of halogens is 2. The highest BCUT2D eigenvalue weighted by Crippen LogP contribution is 2.24. The zero-order chi connectivity index (χ0) is 13.8. The second-order valence-electron chi connectivity index (χ2n) is 4.32. The van der Waals surface area contributed by atoms with Gasteiger partial charge in [0, 0.05) is 10.9 Å². The monoisotopic (exact) mass is 326 g/mol. The van der Waals surface area contributed by atoms with Gasteiger partial charge in [-0.3, -0.25) is 5.84 Å². The molecule has 3 nitrogen and oxygen atoms in total. The third-order valence-corrected chi connectivity index (χ3v) is 3.50. The van der Waals surface area contributed by atoms with Gasteiger partial charge in [-0.05, 0) is 42.3 Å². The molecule has 0 saturated heterocycles. The molecule has 2 rings (SSSR count). The lowest BCUT2D eigenvalue weighted by Gasteiger charge is -2.14. The summed E-state index contributed by atoms with van der Waals surface area (Å²) in [5, 5.41) is 0. The van der Waals surface area contributed by atoms with E-state index in [1.807, 2.05) is 19.1 Å².